The molecule has 0 radical (unpaired) electrons. The number of ether oxygens (including phenoxy) is 1. The smallest absolute Gasteiger partial charge is 0.407 e. The molecule has 2 aromatic carbocycles. The zero-order chi connectivity index (χ0) is 21.4. The minimum absolute atomic E-state index is 0.129. The van der Waals surface area contributed by atoms with E-state index in [1.165, 1.54) is 6.92 Å². The Balaban J connectivity index is 1.82. The third kappa shape index (κ3) is 8.04. The van der Waals surface area contributed by atoms with Crippen LogP contribution in [0.1, 0.15) is 49.2 Å². The lowest BCUT2D eigenvalue weighted by Crippen LogP contribution is -2.32. The summed E-state index contributed by atoms with van der Waals surface area (Å²) in [6, 6.07) is 14.3. The third-order valence-corrected chi connectivity index (χ3v) is 3.78. The van der Waals surface area contributed by atoms with Crippen molar-refractivity contribution in [1.29, 1.82) is 0 Å². The Kier molecular flexibility index (Phi) is 7.36. The van der Waals surface area contributed by atoms with E-state index in [0.29, 0.717) is 24.3 Å². The maximum absolute atomic E-state index is 12.3. The van der Waals surface area contributed by atoms with Crippen molar-refractivity contribution in [3.05, 3.63) is 65.2 Å². The Bertz CT molecular complexity index is 853. The summed E-state index contributed by atoms with van der Waals surface area (Å²) in [5, 5.41) is 8.23. The van der Waals surface area contributed by atoms with Crippen molar-refractivity contribution in [2.24, 2.45) is 0 Å². The molecule has 3 N–H and O–H groups in total. The summed E-state index contributed by atoms with van der Waals surface area (Å²) in [5.74, 6) is -0.321. The van der Waals surface area contributed by atoms with E-state index in [4.69, 9.17) is 4.74 Å². The SMILES string of the molecule is CC(=O)Nc1ccc(CNC(=O)c2ccc(CNC(=O)OC(C)(C)C)cc2)cc1. The van der Waals surface area contributed by atoms with Gasteiger partial charge in [-0.25, -0.2) is 4.79 Å². The van der Waals surface area contributed by atoms with Crippen molar-refractivity contribution in [1.82, 2.24) is 10.6 Å². The van der Waals surface area contributed by atoms with E-state index in [9.17, 15) is 14.4 Å². The molecule has 0 bridgehead atoms. The zero-order valence-electron chi connectivity index (χ0n) is 17.2. The molecule has 29 heavy (non-hydrogen) atoms. The molecule has 0 aliphatic rings. The molecular formula is C22H27N3O4. The fourth-order valence-corrected chi connectivity index (χ4v) is 2.46. The van der Waals surface area contributed by atoms with Gasteiger partial charge in [0.1, 0.15) is 5.60 Å². The van der Waals surface area contributed by atoms with Crippen molar-refractivity contribution in [2.75, 3.05) is 5.32 Å². The van der Waals surface area contributed by atoms with Gasteiger partial charge in [-0.05, 0) is 56.2 Å². The van der Waals surface area contributed by atoms with Gasteiger partial charge in [0.15, 0.2) is 0 Å². The summed E-state index contributed by atoms with van der Waals surface area (Å²) in [6.07, 6.45) is -0.483. The van der Waals surface area contributed by atoms with Gasteiger partial charge in [-0.1, -0.05) is 24.3 Å². The first-order valence-electron chi connectivity index (χ1n) is 9.33. The molecule has 0 aliphatic heterocycles. The van der Waals surface area contributed by atoms with E-state index in [2.05, 4.69) is 16.0 Å². The minimum atomic E-state index is -0.545. The molecule has 0 atom stereocenters. The standard InChI is InChI=1S/C22H27N3O4/c1-15(26)25-19-11-7-17(8-12-19)13-23-20(27)18-9-5-16(6-10-18)14-24-21(28)29-22(2,3)4/h5-12H,13-14H2,1-4H3,(H,23,27)(H,24,28)(H,25,26). The number of hydrogen-bond donors (Lipinski definition) is 3. The fourth-order valence-electron chi connectivity index (χ4n) is 2.46. The molecule has 7 nitrogen and oxygen atoms in total. The van der Waals surface area contributed by atoms with Gasteiger partial charge in [0.2, 0.25) is 5.91 Å². The van der Waals surface area contributed by atoms with Crippen molar-refractivity contribution in [3.8, 4) is 0 Å². The number of rotatable bonds is 6. The van der Waals surface area contributed by atoms with Gasteiger partial charge in [0, 0.05) is 31.3 Å². The van der Waals surface area contributed by atoms with E-state index in [-0.39, 0.29) is 11.8 Å². The quantitative estimate of drug-likeness (QED) is 0.694. The Hall–Kier alpha value is -3.35. The molecule has 0 fully saturated rings. The van der Waals surface area contributed by atoms with Crippen molar-refractivity contribution in [3.63, 3.8) is 0 Å². The maximum Gasteiger partial charge on any atom is 0.407 e. The molecule has 3 amide bonds. The Morgan fingerprint density at radius 1 is 0.828 bits per heavy atom. The molecule has 0 saturated carbocycles. The topological polar surface area (TPSA) is 96.5 Å². The first-order valence-corrected chi connectivity index (χ1v) is 9.33. The molecule has 0 aromatic heterocycles. The lowest BCUT2D eigenvalue weighted by molar-refractivity contribution is -0.114. The minimum Gasteiger partial charge on any atom is -0.444 e. The number of anilines is 1. The highest BCUT2D eigenvalue weighted by Crippen LogP contribution is 2.11. The van der Waals surface area contributed by atoms with Crippen LogP contribution < -0.4 is 16.0 Å². The molecule has 0 saturated heterocycles. The lowest BCUT2D eigenvalue weighted by atomic mass is 10.1. The van der Waals surface area contributed by atoms with Crippen molar-refractivity contribution in [2.45, 2.75) is 46.4 Å². The van der Waals surface area contributed by atoms with Crippen molar-refractivity contribution >= 4 is 23.6 Å². The summed E-state index contributed by atoms with van der Waals surface area (Å²) >= 11 is 0. The van der Waals surface area contributed by atoms with Gasteiger partial charge >= 0.3 is 6.09 Å². The van der Waals surface area contributed by atoms with Crippen LogP contribution in [-0.4, -0.2) is 23.5 Å². The van der Waals surface area contributed by atoms with Gasteiger partial charge in [0.05, 0.1) is 0 Å². The number of carbonyl (C=O) groups is 3. The van der Waals surface area contributed by atoms with Crippen molar-refractivity contribution < 1.29 is 19.1 Å². The van der Waals surface area contributed by atoms with Gasteiger partial charge in [-0.15, -0.1) is 0 Å². The van der Waals surface area contributed by atoms with E-state index >= 15 is 0 Å². The van der Waals surface area contributed by atoms with Gasteiger partial charge < -0.3 is 20.7 Å². The number of nitrogens with one attached hydrogen (secondary N) is 3. The zero-order valence-corrected chi connectivity index (χ0v) is 17.2. The van der Waals surface area contributed by atoms with E-state index in [1.807, 2.05) is 12.1 Å². The Morgan fingerprint density at radius 3 is 1.86 bits per heavy atom. The monoisotopic (exact) mass is 397 g/mol. The molecule has 0 aliphatic carbocycles. The molecule has 2 aromatic rings. The average molecular weight is 397 g/mol. The van der Waals surface area contributed by atoms with Crippen LogP contribution in [-0.2, 0) is 22.6 Å². The first kappa shape index (κ1) is 21.9. The third-order valence-electron chi connectivity index (χ3n) is 3.78. The lowest BCUT2D eigenvalue weighted by Gasteiger charge is -2.19. The highest BCUT2D eigenvalue weighted by Gasteiger charge is 2.15. The van der Waals surface area contributed by atoms with Crippen LogP contribution in [0, 0.1) is 0 Å². The summed E-state index contributed by atoms with van der Waals surface area (Å²) in [7, 11) is 0. The number of carbonyl (C=O) groups excluding carboxylic acids is 3. The van der Waals surface area contributed by atoms with Gasteiger partial charge in [-0.3, -0.25) is 9.59 Å². The number of amides is 3. The highest BCUT2D eigenvalue weighted by molar-refractivity contribution is 5.94. The second-order valence-electron chi connectivity index (χ2n) is 7.61. The van der Waals surface area contributed by atoms with E-state index < -0.39 is 11.7 Å². The fraction of sp³-hybridized carbons (Fsp3) is 0.318. The normalized spacial score (nSPS) is 10.8. The van der Waals surface area contributed by atoms with Crippen LogP contribution >= 0.6 is 0 Å². The van der Waals surface area contributed by atoms with Crippen LogP contribution in [0.25, 0.3) is 0 Å². The number of benzene rings is 2. The molecular weight excluding hydrogens is 370 g/mol. The van der Waals surface area contributed by atoms with Crippen LogP contribution in [0.5, 0.6) is 0 Å². The Morgan fingerprint density at radius 2 is 1.34 bits per heavy atom. The van der Waals surface area contributed by atoms with Gasteiger partial charge in [-0.2, -0.15) is 0 Å². The predicted octanol–water partition coefficient (Wildman–Crippen LogP) is 3.60. The largest absolute Gasteiger partial charge is 0.444 e. The molecule has 0 heterocycles. The molecule has 0 spiro atoms. The van der Waals surface area contributed by atoms with Crippen LogP contribution in [0.2, 0.25) is 0 Å². The number of hydrogen-bond acceptors (Lipinski definition) is 4. The Labute approximate surface area is 170 Å². The molecule has 0 unspecified atom stereocenters. The first-order chi connectivity index (χ1) is 13.6. The summed E-state index contributed by atoms with van der Waals surface area (Å²) < 4.78 is 5.19. The van der Waals surface area contributed by atoms with Crippen LogP contribution in [0.4, 0.5) is 10.5 Å². The second kappa shape index (κ2) is 9.73. The predicted molar refractivity (Wildman–Crippen MR) is 111 cm³/mol. The summed E-state index contributed by atoms with van der Waals surface area (Å²) in [5.41, 5.74) is 2.48. The number of alkyl carbamates (subject to hydrolysis) is 1. The molecule has 7 heteroatoms. The second-order valence-corrected chi connectivity index (χ2v) is 7.61. The highest BCUT2D eigenvalue weighted by atomic mass is 16.6. The van der Waals surface area contributed by atoms with Crippen LogP contribution in [0.3, 0.4) is 0 Å². The van der Waals surface area contributed by atoms with Gasteiger partial charge in [0.25, 0.3) is 5.91 Å². The molecule has 2 rings (SSSR count). The van der Waals surface area contributed by atoms with Crippen LogP contribution in [0.15, 0.2) is 48.5 Å². The maximum atomic E-state index is 12.3. The average Bonchev–Trinajstić information content (AvgIpc) is 2.64. The molecule has 154 valence electrons. The summed E-state index contributed by atoms with van der Waals surface area (Å²) in [6.45, 7) is 7.55. The van der Waals surface area contributed by atoms with E-state index in [1.54, 1.807) is 57.2 Å². The summed E-state index contributed by atoms with van der Waals surface area (Å²) in [4.78, 5) is 35.0. The van der Waals surface area contributed by atoms with E-state index in [0.717, 1.165) is 11.1 Å².